The van der Waals surface area contributed by atoms with Crippen molar-refractivity contribution in [1.82, 2.24) is 25.3 Å². The van der Waals surface area contributed by atoms with Crippen molar-refractivity contribution in [3.63, 3.8) is 0 Å². The van der Waals surface area contributed by atoms with Crippen LogP contribution in [0.15, 0.2) is 4.52 Å². The number of aryl methyl sites for hydroxylation is 1. The number of amides is 2. The van der Waals surface area contributed by atoms with Gasteiger partial charge in [0.05, 0.1) is 0 Å². The van der Waals surface area contributed by atoms with Crippen molar-refractivity contribution in [2.24, 2.45) is 0 Å². The smallest absolute Gasteiger partial charge is 0.317 e. The maximum Gasteiger partial charge on any atom is 0.317 e. The lowest BCUT2D eigenvalue weighted by Crippen LogP contribution is -2.46. The Labute approximate surface area is 132 Å². The molecule has 1 aliphatic rings. The van der Waals surface area contributed by atoms with Crippen LogP contribution >= 0.6 is 0 Å². The molecule has 124 valence electrons. The van der Waals surface area contributed by atoms with Gasteiger partial charge in [-0.05, 0) is 33.2 Å². The molecule has 0 saturated carbocycles. The number of nitrogens with zero attached hydrogens (tertiary/aromatic N) is 4. The zero-order valence-corrected chi connectivity index (χ0v) is 14.0. The molecule has 0 aromatic carbocycles. The van der Waals surface area contributed by atoms with Gasteiger partial charge in [0, 0.05) is 45.6 Å². The molecule has 0 unspecified atom stereocenters. The molecule has 1 aromatic rings. The third-order valence-electron chi connectivity index (χ3n) is 4.16. The Hall–Kier alpha value is -1.63. The predicted octanol–water partition coefficient (Wildman–Crippen LogP) is 1.43. The van der Waals surface area contributed by atoms with Gasteiger partial charge < -0.3 is 14.7 Å². The molecule has 1 aromatic heterocycles. The Bertz CT molecular complexity index is 488. The largest absolute Gasteiger partial charge is 0.340 e. The van der Waals surface area contributed by atoms with Gasteiger partial charge in [0.2, 0.25) is 5.89 Å². The molecule has 1 aliphatic heterocycles. The van der Waals surface area contributed by atoms with Crippen LogP contribution in [0.3, 0.4) is 0 Å². The summed E-state index contributed by atoms with van der Waals surface area (Å²) in [5.41, 5.74) is 0. The maximum absolute atomic E-state index is 12.1. The molecular weight excluding hydrogens is 282 g/mol. The molecule has 2 heterocycles. The van der Waals surface area contributed by atoms with Crippen LogP contribution in [0.1, 0.15) is 38.4 Å². The second-order valence-corrected chi connectivity index (χ2v) is 6.21. The molecule has 0 bridgehead atoms. The first-order valence-electron chi connectivity index (χ1n) is 8.01. The maximum atomic E-state index is 12.1. The first-order chi connectivity index (χ1) is 10.5. The average molecular weight is 309 g/mol. The summed E-state index contributed by atoms with van der Waals surface area (Å²) in [7, 11) is 1.79. The SMILES string of the molecule is Cc1nc(CCN(C)C(=O)NC[C@@H]2CCCN2C(C)C)no1. The molecular formula is C15H27N5O2. The molecule has 0 spiro atoms. The van der Waals surface area contributed by atoms with Crippen LogP contribution in [0.25, 0.3) is 0 Å². The van der Waals surface area contributed by atoms with Crippen LogP contribution < -0.4 is 5.32 Å². The van der Waals surface area contributed by atoms with E-state index >= 15 is 0 Å². The molecule has 7 heteroatoms. The van der Waals surface area contributed by atoms with Crippen LogP contribution in [0.4, 0.5) is 4.79 Å². The number of rotatable bonds is 6. The van der Waals surface area contributed by atoms with E-state index in [4.69, 9.17) is 4.52 Å². The molecule has 1 fully saturated rings. The van der Waals surface area contributed by atoms with Crippen LogP contribution in [-0.2, 0) is 6.42 Å². The number of aromatic nitrogens is 2. The molecule has 0 aliphatic carbocycles. The number of nitrogens with one attached hydrogen (secondary N) is 1. The van der Waals surface area contributed by atoms with Gasteiger partial charge >= 0.3 is 6.03 Å². The highest BCUT2D eigenvalue weighted by atomic mass is 16.5. The summed E-state index contributed by atoms with van der Waals surface area (Å²) >= 11 is 0. The molecule has 0 radical (unpaired) electrons. The van der Waals surface area contributed by atoms with Crippen molar-refractivity contribution in [3.8, 4) is 0 Å². The minimum Gasteiger partial charge on any atom is -0.340 e. The summed E-state index contributed by atoms with van der Waals surface area (Å²) in [6, 6.07) is 0.941. The van der Waals surface area contributed by atoms with E-state index in [1.807, 2.05) is 0 Å². The van der Waals surface area contributed by atoms with Crippen molar-refractivity contribution in [3.05, 3.63) is 11.7 Å². The molecule has 1 saturated heterocycles. The van der Waals surface area contributed by atoms with Crippen LogP contribution in [-0.4, -0.2) is 64.7 Å². The summed E-state index contributed by atoms with van der Waals surface area (Å²) < 4.78 is 4.92. The Morgan fingerprint density at radius 3 is 2.95 bits per heavy atom. The predicted molar refractivity (Wildman–Crippen MR) is 83.6 cm³/mol. The first kappa shape index (κ1) is 16.7. The standard InChI is InChI=1S/C15H27N5O2/c1-11(2)20-8-5-6-13(20)10-16-15(21)19(4)9-7-14-17-12(3)22-18-14/h11,13H,5-10H2,1-4H3,(H,16,21)/t13-/m0/s1. The number of hydrogen-bond acceptors (Lipinski definition) is 5. The van der Waals surface area contributed by atoms with E-state index in [9.17, 15) is 4.79 Å². The second-order valence-electron chi connectivity index (χ2n) is 6.21. The fraction of sp³-hybridized carbons (Fsp3) is 0.800. The van der Waals surface area contributed by atoms with Crippen molar-refractivity contribution in [1.29, 1.82) is 0 Å². The Kier molecular flexibility index (Phi) is 5.76. The highest BCUT2D eigenvalue weighted by Gasteiger charge is 2.26. The highest BCUT2D eigenvalue weighted by Crippen LogP contribution is 2.19. The topological polar surface area (TPSA) is 74.5 Å². The van der Waals surface area contributed by atoms with Gasteiger partial charge in [-0.2, -0.15) is 4.98 Å². The summed E-state index contributed by atoms with van der Waals surface area (Å²) in [4.78, 5) is 20.4. The van der Waals surface area contributed by atoms with E-state index in [-0.39, 0.29) is 6.03 Å². The van der Waals surface area contributed by atoms with Crippen molar-refractivity contribution >= 4 is 6.03 Å². The zero-order chi connectivity index (χ0) is 16.1. The Balaban J connectivity index is 1.72. The van der Waals surface area contributed by atoms with E-state index < -0.39 is 0 Å². The van der Waals surface area contributed by atoms with Crippen molar-refractivity contribution in [2.75, 3.05) is 26.7 Å². The fourth-order valence-electron chi connectivity index (χ4n) is 2.91. The minimum absolute atomic E-state index is 0.0455. The van der Waals surface area contributed by atoms with E-state index in [0.29, 0.717) is 43.3 Å². The van der Waals surface area contributed by atoms with Gasteiger partial charge in [0.25, 0.3) is 0 Å². The van der Waals surface area contributed by atoms with E-state index in [1.54, 1.807) is 18.9 Å². The van der Waals surface area contributed by atoms with Gasteiger partial charge in [-0.3, -0.25) is 4.90 Å². The lowest BCUT2D eigenvalue weighted by Gasteiger charge is -2.29. The number of carbonyl (C=O) groups is 1. The summed E-state index contributed by atoms with van der Waals surface area (Å²) in [6.07, 6.45) is 2.97. The molecule has 7 nitrogen and oxygen atoms in total. The monoisotopic (exact) mass is 309 g/mol. The molecule has 22 heavy (non-hydrogen) atoms. The molecule has 2 rings (SSSR count). The summed E-state index contributed by atoms with van der Waals surface area (Å²) in [5, 5.41) is 6.87. The fourth-order valence-corrected chi connectivity index (χ4v) is 2.91. The third kappa shape index (κ3) is 4.43. The summed E-state index contributed by atoms with van der Waals surface area (Å²) in [5.74, 6) is 1.19. The Morgan fingerprint density at radius 2 is 2.32 bits per heavy atom. The lowest BCUT2D eigenvalue weighted by atomic mass is 10.2. The van der Waals surface area contributed by atoms with Crippen LogP contribution in [0.5, 0.6) is 0 Å². The van der Waals surface area contributed by atoms with Crippen LogP contribution in [0, 0.1) is 6.92 Å². The average Bonchev–Trinajstić information content (AvgIpc) is 3.10. The highest BCUT2D eigenvalue weighted by molar-refractivity contribution is 5.73. The summed E-state index contributed by atoms with van der Waals surface area (Å²) in [6.45, 7) is 8.59. The van der Waals surface area contributed by atoms with E-state index in [2.05, 4.69) is 34.2 Å². The quantitative estimate of drug-likeness (QED) is 0.860. The Morgan fingerprint density at radius 1 is 1.55 bits per heavy atom. The van der Waals surface area contributed by atoms with Gasteiger partial charge in [-0.25, -0.2) is 4.79 Å². The van der Waals surface area contributed by atoms with Gasteiger partial charge in [-0.1, -0.05) is 5.16 Å². The second kappa shape index (κ2) is 7.58. The normalized spacial score (nSPS) is 18.9. The molecule has 1 N–H and O–H groups in total. The number of likely N-dealkylation sites (N-methyl/N-ethyl adjacent to an activating group) is 1. The number of likely N-dealkylation sites (tertiary alicyclic amines) is 1. The van der Waals surface area contributed by atoms with Crippen LogP contribution in [0.2, 0.25) is 0 Å². The van der Waals surface area contributed by atoms with Crippen molar-refractivity contribution in [2.45, 2.75) is 52.1 Å². The zero-order valence-electron chi connectivity index (χ0n) is 14.0. The lowest BCUT2D eigenvalue weighted by molar-refractivity contribution is 0.185. The number of hydrogen-bond donors (Lipinski definition) is 1. The molecule has 2 amide bonds. The van der Waals surface area contributed by atoms with Crippen molar-refractivity contribution < 1.29 is 9.32 Å². The van der Waals surface area contributed by atoms with E-state index in [1.165, 1.54) is 6.42 Å². The van der Waals surface area contributed by atoms with Gasteiger partial charge in [0.1, 0.15) is 0 Å². The minimum atomic E-state index is -0.0455. The first-order valence-corrected chi connectivity index (χ1v) is 8.01. The van der Waals surface area contributed by atoms with E-state index in [0.717, 1.165) is 13.0 Å². The third-order valence-corrected chi connectivity index (χ3v) is 4.16. The van der Waals surface area contributed by atoms with Gasteiger partial charge in [-0.15, -0.1) is 0 Å². The molecule has 1 atom stereocenters. The number of urea groups is 1. The van der Waals surface area contributed by atoms with Gasteiger partial charge in [0.15, 0.2) is 5.82 Å². The number of carbonyl (C=O) groups excluding carboxylic acids is 1.